The molecule has 1 N–H and O–H groups in total. The zero-order valence-electron chi connectivity index (χ0n) is 27.1. The number of para-hydroxylation sites is 1. The minimum absolute atomic E-state index is 0.0663. The van der Waals surface area contributed by atoms with Gasteiger partial charge in [0.05, 0.1) is 17.4 Å². The van der Waals surface area contributed by atoms with Crippen LogP contribution in [0, 0.1) is 31.6 Å². The predicted octanol–water partition coefficient (Wildman–Crippen LogP) is 5.21. The molecule has 5 rings (SSSR count). The Kier molecular flexibility index (Phi) is 9.38. The monoisotopic (exact) mass is 613 g/mol. The van der Waals surface area contributed by atoms with Crippen LogP contribution in [0.25, 0.3) is 0 Å². The summed E-state index contributed by atoms with van der Waals surface area (Å²) in [6, 6.07) is 14.5. The van der Waals surface area contributed by atoms with E-state index < -0.39 is 29.1 Å². The fourth-order valence-electron chi connectivity index (χ4n) is 8.03. The van der Waals surface area contributed by atoms with Crippen molar-refractivity contribution in [2.45, 2.75) is 70.6 Å². The van der Waals surface area contributed by atoms with Crippen LogP contribution in [-0.4, -0.2) is 71.2 Å². The third kappa shape index (κ3) is 5.42. The van der Waals surface area contributed by atoms with Crippen molar-refractivity contribution >= 4 is 29.1 Å². The number of nitrogens with zero attached hydrogens (tertiary/aromatic N) is 3. The summed E-state index contributed by atoms with van der Waals surface area (Å²) < 4.78 is 7.01. The summed E-state index contributed by atoms with van der Waals surface area (Å²) in [5.74, 6) is -2.29. The van der Waals surface area contributed by atoms with Gasteiger partial charge in [0.25, 0.3) is 5.91 Å². The van der Waals surface area contributed by atoms with E-state index in [1.165, 1.54) is 0 Å². The molecule has 0 aliphatic carbocycles. The van der Waals surface area contributed by atoms with Crippen molar-refractivity contribution in [1.29, 1.82) is 0 Å². The maximum Gasteiger partial charge on any atom is 0.253 e. The van der Waals surface area contributed by atoms with Gasteiger partial charge < -0.3 is 24.5 Å². The smallest absolute Gasteiger partial charge is 0.253 e. The molecule has 2 aromatic rings. The Bertz CT molecular complexity index is 1460. The summed E-state index contributed by atoms with van der Waals surface area (Å²) in [4.78, 5) is 49.4. The highest BCUT2D eigenvalue weighted by Crippen LogP contribution is 2.65. The molecule has 3 heterocycles. The molecule has 45 heavy (non-hydrogen) atoms. The van der Waals surface area contributed by atoms with Gasteiger partial charge in [-0.05, 0) is 81.7 Å². The zero-order chi connectivity index (χ0) is 32.5. The number of ether oxygens (including phenoxy) is 1. The van der Waals surface area contributed by atoms with Crippen LogP contribution in [-0.2, 0) is 19.1 Å². The van der Waals surface area contributed by atoms with Gasteiger partial charge in [0.15, 0.2) is 0 Å². The van der Waals surface area contributed by atoms with Crippen molar-refractivity contribution in [3.05, 3.63) is 85.0 Å². The molecule has 240 valence electrons. The standard InChI is InChI=1S/C37H47N3O5/c1-7-19-38(28-15-11-9-12-16-28)33(42)30-31-34(43)40(21-13-10-14-22-41)32(37(31)24-27(5)36(30,6)45-37)35(44)39(20-8-2)29-23-25(3)17-18-26(29)4/h7-9,11-12,15-18,23,27,30-32,41H,1-2,10,13-14,19-22,24H2,3-6H3/t27?,30-,31+,32?,36+,37?/m1/s1. The molecule has 3 unspecified atom stereocenters. The molecule has 8 heteroatoms. The minimum atomic E-state index is -1.16. The molecule has 0 aromatic heterocycles. The average Bonchev–Trinajstić information content (AvgIpc) is 3.54. The maximum absolute atomic E-state index is 15.0. The van der Waals surface area contributed by atoms with Gasteiger partial charge in [-0.1, -0.05) is 49.4 Å². The number of aliphatic hydroxyl groups excluding tert-OH is 1. The fraction of sp³-hybridized carbons (Fsp3) is 0.486. The third-order valence-electron chi connectivity index (χ3n) is 10.3. The summed E-state index contributed by atoms with van der Waals surface area (Å²) in [5.41, 5.74) is 1.36. The molecular weight excluding hydrogens is 566 g/mol. The number of fused-ring (bicyclic) bond motifs is 1. The highest BCUT2D eigenvalue weighted by atomic mass is 16.5. The number of hydrogen-bond donors (Lipinski definition) is 1. The van der Waals surface area contributed by atoms with Gasteiger partial charge in [0, 0.05) is 37.6 Å². The van der Waals surface area contributed by atoms with E-state index in [2.05, 4.69) is 20.1 Å². The number of carbonyl (C=O) groups is 3. The van der Waals surface area contributed by atoms with E-state index in [1.54, 1.807) is 26.9 Å². The molecule has 6 atom stereocenters. The number of anilines is 2. The van der Waals surface area contributed by atoms with E-state index in [9.17, 15) is 19.5 Å². The topological polar surface area (TPSA) is 90.4 Å². The van der Waals surface area contributed by atoms with Crippen LogP contribution in [0.1, 0.15) is 50.7 Å². The molecule has 0 radical (unpaired) electrons. The Morgan fingerprint density at radius 3 is 2.38 bits per heavy atom. The Balaban J connectivity index is 1.62. The normalized spacial score (nSPS) is 28.2. The largest absolute Gasteiger partial charge is 0.396 e. The second kappa shape index (κ2) is 12.9. The molecule has 2 aromatic carbocycles. The fourth-order valence-corrected chi connectivity index (χ4v) is 8.03. The minimum Gasteiger partial charge on any atom is -0.396 e. The van der Waals surface area contributed by atoms with Gasteiger partial charge in [-0.25, -0.2) is 0 Å². The number of amides is 3. The van der Waals surface area contributed by atoms with Gasteiger partial charge >= 0.3 is 0 Å². The lowest BCUT2D eigenvalue weighted by atomic mass is 9.62. The Hall–Kier alpha value is -3.75. The van der Waals surface area contributed by atoms with Crippen molar-refractivity contribution in [3.63, 3.8) is 0 Å². The van der Waals surface area contributed by atoms with Gasteiger partial charge in [-0.3, -0.25) is 14.4 Å². The van der Waals surface area contributed by atoms with Crippen LogP contribution in [0.15, 0.2) is 73.8 Å². The number of likely N-dealkylation sites (tertiary alicyclic amines) is 1. The molecule has 1 spiro atoms. The zero-order valence-corrected chi connectivity index (χ0v) is 27.1. The van der Waals surface area contributed by atoms with Crippen LogP contribution < -0.4 is 9.80 Å². The first-order valence-electron chi connectivity index (χ1n) is 16.1. The Labute approximate surface area is 267 Å². The summed E-state index contributed by atoms with van der Waals surface area (Å²) in [7, 11) is 0. The van der Waals surface area contributed by atoms with Crippen LogP contribution in [0.3, 0.4) is 0 Å². The summed E-state index contributed by atoms with van der Waals surface area (Å²) >= 11 is 0. The first-order valence-corrected chi connectivity index (χ1v) is 16.1. The maximum atomic E-state index is 15.0. The number of aryl methyl sites for hydroxylation is 2. The number of carbonyl (C=O) groups excluding carboxylic acids is 3. The number of hydrogen-bond acceptors (Lipinski definition) is 5. The van der Waals surface area contributed by atoms with Crippen molar-refractivity contribution in [1.82, 2.24) is 4.90 Å². The van der Waals surface area contributed by atoms with E-state index in [0.717, 1.165) is 22.5 Å². The average molecular weight is 614 g/mol. The van der Waals surface area contributed by atoms with Crippen molar-refractivity contribution < 1.29 is 24.2 Å². The quantitative estimate of drug-likeness (QED) is 0.247. The number of aliphatic hydroxyl groups is 1. The highest BCUT2D eigenvalue weighted by Gasteiger charge is 2.80. The molecule has 3 aliphatic heterocycles. The molecule has 3 saturated heterocycles. The molecule has 3 fully saturated rings. The van der Waals surface area contributed by atoms with E-state index >= 15 is 0 Å². The van der Waals surface area contributed by atoms with Gasteiger partial charge in [-0.15, -0.1) is 13.2 Å². The first-order chi connectivity index (χ1) is 21.5. The lowest BCUT2D eigenvalue weighted by Gasteiger charge is -2.39. The number of unbranched alkanes of at least 4 members (excludes halogenated alkanes) is 2. The molecule has 2 bridgehead atoms. The number of benzene rings is 2. The highest BCUT2D eigenvalue weighted by molar-refractivity contribution is 6.07. The Morgan fingerprint density at radius 2 is 1.71 bits per heavy atom. The second-order valence-electron chi connectivity index (χ2n) is 13.1. The lowest BCUT2D eigenvalue weighted by molar-refractivity contribution is -0.145. The van der Waals surface area contributed by atoms with Gasteiger partial charge in [-0.2, -0.15) is 0 Å². The van der Waals surface area contributed by atoms with Gasteiger partial charge in [0.1, 0.15) is 11.6 Å². The molecule has 3 aliphatic rings. The van der Waals surface area contributed by atoms with Gasteiger partial charge in [0.2, 0.25) is 11.8 Å². The summed E-state index contributed by atoms with van der Waals surface area (Å²) in [5, 5.41) is 9.40. The number of rotatable bonds is 13. The third-order valence-corrected chi connectivity index (χ3v) is 10.3. The predicted molar refractivity (Wildman–Crippen MR) is 177 cm³/mol. The SMILES string of the molecule is C=CCN(C(=O)[C@H]1[C@H]2C(=O)N(CCCCCO)C(C(=O)N(CC=C)c3cc(C)ccc3C)C23CC(C)[C@]1(C)O3)c1ccccc1. The molecular formula is C37H47N3O5. The van der Waals surface area contributed by atoms with Crippen LogP contribution >= 0.6 is 0 Å². The van der Waals surface area contributed by atoms with Crippen LogP contribution in [0.4, 0.5) is 11.4 Å². The molecule has 3 amide bonds. The Morgan fingerprint density at radius 1 is 1.02 bits per heavy atom. The van der Waals surface area contributed by atoms with E-state index in [4.69, 9.17) is 4.74 Å². The van der Waals surface area contributed by atoms with Crippen molar-refractivity contribution in [2.75, 3.05) is 36.0 Å². The summed E-state index contributed by atoms with van der Waals surface area (Å²) in [6.45, 7) is 16.8. The van der Waals surface area contributed by atoms with Crippen molar-refractivity contribution in [2.24, 2.45) is 17.8 Å². The van der Waals surface area contributed by atoms with Crippen molar-refractivity contribution in [3.8, 4) is 0 Å². The van der Waals surface area contributed by atoms with E-state index in [1.807, 2.05) is 69.3 Å². The molecule has 8 nitrogen and oxygen atoms in total. The van der Waals surface area contributed by atoms with Crippen LogP contribution in [0.2, 0.25) is 0 Å². The second-order valence-corrected chi connectivity index (χ2v) is 13.1. The lowest BCUT2D eigenvalue weighted by Crippen LogP contribution is -2.57. The molecule has 0 saturated carbocycles. The first kappa shape index (κ1) is 32.6. The summed E-state index contributed by atoms with van der Waals surface area (Å²) in [6.07, 6.45) is 5.84. The van der Waals surface area contributed by atoms with E-state index in [-0.39, 0.29) is 43.3 Å². The van der Waals surface area contributed by atoms with Crippen LogP contribution in [0.5, 0.6) is 0 Å². The van der Waals surface area contributed by atoms with E-state index in [0.29, 0.717) is 32.2 Å².